The minimum Gasteiger partial charge on any atom is -0.472 e. The van der Waals surface area contributed by atoms with Crippen LogP contribution in [-0.4, -0.2) is 22.0 Å². The van der Waals surface area contributed by atoms with Gasteiger partial charge in [-0.25, -0.2) is 9.97 Å². The number of rotatable bonds is 6. The SMILES string of the molecule is CC(=O)Nc1cccc(CNc2nccnc2OC(C)C)c1. The average Bonchev–Trinajstić information content (AvgIpc) is 2.45. The van der Waals surface area contributed by atoms with Crippen LogP contribution >= 0.6 is 0 Å². The molecular formula is C16H20N4O2. The molecule has 0 aliphatic rings. The molecule has 6 nitrogen and oxygen atoms in total. The molecule has 2 rings (SSSR count). The second kappa shape index (κ2) is 7.40. The molecule has 0 saturated carbocycles. The summed E-state index contributed by atoms with van der Waals surface area (Å²) in [5.74, 6) is 0.989. The lowest BCUT2D eigenvalue weighted by Crippen LogP contribution is -2.11. The summed E-state index contributed by atoms with van der Waals surface area (Å²) in [7, 11) is 0. The monoisotopic (exact) mass is 300 g/mol. The maximum atomic E-state index is 11.1. The Kier molecular flexibility index (Phi) is 5.30. The third-order valence-corrected chi connectivity index (χ3v) is 2.72. The first-order chi connectivity index (χ1) is 10.5. The first-order valence-electron chi connectivity index (χ1n) is 7.12. The van der Waals surface area contributed by atoms with Crippen LogP contribution in [0.3, 0.4) is 0 Å². The van der Waals surface area contributed by atoms with E-state index in [9.17, 15) is 4.79 Å². The van der Waals surface area contributed by atoms with Gasteiger partial charge >= 0.3 is 0 Å². The highest BCUT2D eigenvalue weighted by atomic mass is 16.5. The summed E-state index contributed by atoms with van der Waals surface area (Å²) in [5.41, 5.74) is 1.79. The van der Waals surface area contributed by atoms with Crippen molar-refractivity contribution in [3.8, 4) is 5.88 Å². The van der Waals surface area contributed by atoms with Gasteiger partial charge < -0.3 is 15.4 Å². The van der Waals surface area contributed by atoms with Crippen molar-refractivity contribution in [1.82, 2.24) is 9.97 Å². The minimum atomic E-state index is -0.0911. The molecular weight excluding hydrogens is 280 g/mol. The van der Waals surface area contributed by atoms with Crippen molar-refractivity contribution in [3.63, 3.8) is 0 Å². The molecule has 1 amide bonds. The summed E-state index contributed by atoms with van der Waals surface area (Å²) in [6, 6.07) is 7.62. The van der Waals surface area contributed by atoms with E-state index in [4.69, 9.17) is 4.74 Å². The Bertz CT molecular complexity index is 644. The number of aromatic nitrogens is 2. The highest BCUT2D eigenvalue weighted by Gasteiger charge is 2.08. The highest BCUT2D eigenvalue weighted by Crippen LogP contribution is 2.20. The van der Waals surface area contributed by atoms with Crippen LogP contribution in [0.1, 0.15) is 26.3 Å². The van der Waals surface area contributed by atoms with Crippen LogP contribution in [0.5, 0.6) is 5.88 Å². The number of anilines is 2. The summed E-state index contributed by atoms with van der Waals surface area (Å²) in [5, 5.41) is 5.97. The Labute approximate surface area is 129 Å². The number of amides is 1. The van der Waals surface area contributed by atoms with Crippen LogP contribution in [0, 0.1) is 0 Å². The van der Waals surface area contributed by atoms with Crippen LogP contribution < -0.4 is 15.4 Å². The van der Waals surface area contributed by atoms with E-state index in [1.165, 1.54) is 6.92 Å². The number of benzene rings is 1. The predicted molar refractivity (Wildman–Crippen MR) is 85.9 cm³/mol. The third-order valence-electron chi connectivity index (χ3n) is 2.72. The Morgan fingerprint density at radius 3 is 2.77 bits per heavy atom. The van der Waals surface area contributed by atoms with Gasteiger partial charge in [0.15, 0.2) is 5.82 Å². The smallest absolute Gasteiger partial charge is 0.257 e. The molecule has 22 heavy (non-hydrogen) atoms. The number of hydrogen-bond donors (Lipinski definition) is 2. The first-order valence-corrected chi connectivity index (χ1v) is 7.12. The zero-order valence-corrected chi connectivity index (χ0v) is 13.0. The lowest BCUT2D eigenvalue weighted by Gasteiger charge is -2.13. The summed E-state index contributed by atoms with van der Waals surface area (Å²) >= 11 is 0. The molecule has 0 radical (unpaired) electrons. The molecule has 1 aromatic carbocycles. The van der Waals surface area contributed by atoms with Crippen molar-refractivity contribution in [2.45, 2.75) is 33.4 Å². The number of nitrogens with one attached hydrogen (secondary N) is 2. The quantitative estimate of drug-likeness (QED) is 0.858. The summed E-state index contributed by atoms with van der Waals surface area (Å²) in [6.07, 6.45) is 3.24. The average molecular weight is 300 g/mol. The van der Waals surface area contributed by atoms with Crippen molar-refractivity contribution in [1.29, 1.82) is 0 Å². The second-order valence-electron chi connectivity index (χ2n) is 5.11. The first kappa shape index (κ1) is 15.8. The summed E-state index contributed by atoms with van der Waals surface area (Å²) in [4.78, 5) is 19.5. The van der Waals surface area contributed by atoms with Crippen molar-refractivity contribution < 1.29 is 9.53 Å². The second-order valence-corrected chi connectivity index (χ2v) is 5.11. The van der Waals surface area contributed by atoms with E-state index in [1.54, 1.807) is 12.4 Å². The minimum absolute atomic E-state index is 0.0281. The van der Waals surface area contributed by atoms with Gasteiger partial charge in [0.1, 0.15) is 0 Å². The molecule has 1 aromatic heterocycles. The molecule has 0 unspecified atom stereocenters. The van der Waals surface area contributed by atoms with Crippen molar-refractivity contribution >= 4 is 17.4 Å². The fraction of sp³-hybridized carbons (Fsp3) is 0.312. The van der Waals surface area contributed by atoms with Crippen molar-refractivity contribution in [3.05, 3.63) is 42.2 Å². The number of nitrogens with zero attached hydrogens (tertiary/aromatic N) is 2. The molecule has 0 aliphatic carbocycles. The normalized spacial score (nSPS) is 10.4. The van der Waals surface area contributed by atoms with Crippen molar-refractivity contribution in [2.24, 2.45) is 0 Å². The Hall–Kier alpha value is -2.63. The number of carbonyl (C=O) groups excluding carboxylic acids is 1. The van der Waals surface area contributed by atoms with Gasteiger partial charge in [-0.1, -0.05) is 12.1 Å². The van der Waals surface area contributed by atoms with E-state index >= 15 is 0 Å². The van der Waals surface area contributed by atoms with E-state index in [2.05, 4.69) is 20.6 Å². The van der Waals surface area contributed by atoms with Crippen LogP contribution in [-0.2, 0) is 11.3 Å². The molecule has 6 heteroatoms. The Balaban J connectivity index is 2.05. The maximum Gasteiger partial charge on any atom is 0.257 e. The third kappa shape index (κ3) is 4.73. The maximum absolute atomic E-state index is 11.1. The standard InChI is InChI=1S/C16H20N4O2/c1-11(2)22-16-15(17-7-8-18-16)19-10-13-5-4-6-14(9-13)20-12(3)21/h4-9,11H,10H2,1-3H3,(H,17,19)(H,20,21). The molecule has 0 fully saturated rings. The number of hydrogen-bond acceptors (Lipinski definition) is 5. The molecule has 0 aliphatic heterocycles. The van der Waals surface area contributed by atoms with Gasteiger partial charge in [0.2, 0.25) is 5.91 Å². The largest absolute Gasteiger partial charge is 0.472 e. The van der Waals surface area contributed by atoms with Gasteiger partial charge in [0.05, 0.1) is 6.10 Å². The van der Waals surface area contributed by atoms with Gasteiger partial charge in [0.25, 0.3) is 5.88 Å². The molecule has 2 aromatic rings. The fourth-order valence-corrected chi connectivity index (χ4v) is 1.90. The zero-order chi connectivity index (χ0) is 15.9. The van der Waals surface area contributed by atoms with Crippen LogP contribution in [0.25, 0.3) is 0 Å². The van der Waals surface area contributed by atoms with E-state index < -0.39 is 0 Å². The Morgan fingerprint density at radius 1 is 1.27 bits per heavy atom. The molecule has 116 valence electrons. The lowest BCUT2D eigenvalue weighted by molar-refractivity contribution is -0.114. The Morgan fingerprint density at radius 2 is 2.05 bits per heavy atom. The highest BCUT2D eigenvalue weighted by molar-refractivity contribution is 5.88. The molecule has 0 spiro atoms. The van der Waals surface area contributed by atoms with Gasteiger partial charge in [-0.05, 0) is 31.5 Å². The van der Waals surface area contributed by atoms with Crippen LogP contribution in [0.2, 0.25) is 0 Å². The summed E-state index contributed by atoms with van der Waals surface area (Å²) in [6.45, 7) is 5.92. The number of ether oxygens (including phenoxy) is 1. The topological polar surface area (TPSA) is 76.1 Å². The molecule has 1 heterocycles. The van der Waals surface area contributed by atoms with E-state index in [1.807, 2.05) is 38.1 Å². The van der Waals surface area contributed by atoms with Crippen molar-refractivity contribution in [2.75, 3.05) is 10.6 Å². The van der Waals surface area contributed by atoms with E-state index in [0.29, 0.717) is 18.2 Å². The van der Waals surface area contributed by atoms with Crippen LogP contribution in [0.15, 0.2) is 36.7 Å². The lowest BCUT2D eigenvalue weighted by atomic mass is 10.2. The fourth-order valence-electron chi connectivity index (χ4n) is 1.90. The zero-order valence-electron chi connectivity index (χ0n) is 13.0. The van der Waals surface area contributed by atoms with E-state index in [0.717, 1.165) is 11.3 Å². The molecule has 0 atom stereocenters. The van der Waals surface area contributed by atoms with Gasteiger partial charge in [0, 0.05) is 31.5 Å². The van der Waals surface area contributed by atoms with E-state index in [-0.39, 0.29) is 12.0 Å². The van der Waals surface area contributed by atoms with Crippen LogP contribution in [0.4, 0.5) is 11.5 Å². The van der Waals surface area contributed by atoms with Gasteiger partial charge in [-0.2, -0.15) is 0 Å². The summed E-state index contributed by atoms with van der Waals surface area (Å²) < 4.78 is 5.62. The van der Waals surface area contributed by atoms with Gasteiger partial charge in [-0.15, -0.1) is 0 Å². The molecule has 2 N–H and O–H groups in total. The predicted octanol–water partition coefficient (Wildman–Crippen LogP) is 2.83. The van der Waals surface area contributed by atoms with Gasteiger partial charge in [-0.3, -0.25) is 4.79 Å². The molecule has 0 bridgehead atoms. The molecule has 0 saturated heterocycles. The number of carbonyl (C=O) groups is 1.